The van der Waals surface area contributed by atoms with Crippen molar-refractivity contribution >= 4 is 40.8 Å². The summed E-state index contributed by atoms with van der Waals surface area (Å²) >= 11 is 0.210. The third-order valence-electron chi connectivity index (χ3n) is 0.408. The first-order valence-electron chi connectivity index (χ1n) is 2.39. The Kier molecular flexibility index (Phi) is 18.7. The van der Waals surface area contributed by atoms with Crippen molar-refractivity contribution in [1.29, 1.82) is 0 Å². The summed E-state index contributed by atoms with van der Waals surface area (Å²) in [4.78, 5) is 0. The number of halogens is 3. The predicted molar refractivity (Wildman–Crippen MR) is 46.2 cm³/mol. The second kappa shape index (κ2) is 12.5. The number of thioether (sulfide) groups is 1. The summed E-state index contributed by atoms with van der Waals surface area (Å²) in [7, 11) is 14.8. The van der Waals surface area contributed by atoms with E-state index in [4.69, 9.17) is 29.1 Å². The van der Waals surface area contributed by atoms with Gasteiger partial charge in [-0.25, -0.2) is 0 Å². The van der Waals surface area contributed by atoms with Crippen LogP contribution in [-0.4, -0.2) is 11.5 Å². The van der Waals surface area contributed by atoms with E-state index < -0.39 is 13.0 Å². The van der Waals surface area contributed by atoms with Crippen LogP contribution in [0.15, 0.2) is 0 Å². The standard InChI is InChI=1S/C4H10S.3ClH.Ru/c1-3-5-4-2;;;;/h3-4H2,1-2H3;3*1H;/q;;;;+3/p-3. The van der Waals surface area contributed by atoms with Crippen molar-refractivity contribution in [2.24, 2.45) is 0 Å². The molecule has 9 heavy (non-hydrogen) atoms. The molecule has 0 nitrogen and oxygen atoms in total. The predicted octanol–water partition coefficient (Wildman–Crippen LogP) is 3.83. The zero-order valence-electron chi connectivity index (χ0n) is 5.31. The van der Waals surface area contributed by atoms with E-state index >= 15 is 0 Å². The van der Waals surface area contributed by atoms with Gasteiger partial charge in [-0.15, -0.1) is 0 Å². The van der Waals surface area contributed by atoms with Gasteiger partial charge in [0.2, 0.25) is 0 Å². The normalized spacial score (nSPS) is 9.67. The molecule has 0 bridgehead atoms. The molecule has 0 spiro atoms. The van der Waals surface area contributed by atoms with Crippen molar-refractivity contribution in [3.63, 3.8) is 0 Å². The van der Waals surface area contributed by atoms with Crippen molar-refractivity contribution in [3.8, 4) is 0 Å². The van der Waals surface area contributed by atoms with Crippen LogP contribution in [0.3, 0.4) is 0 Å². The van der Waals surface area contributed by atoms with E-state index in [1.54, 1.807) is 0 Å². The molecule has 0 atom stereocenters. The van der Waals surface area contributed by atoms with E-state index in [1.807, 2.05) is 11.8 Å². The summed E-state index contributed by atoms with van der Waals surface area (Å²) in [6.07, 6.45) is 0. The molecule has 0 radical (unpaired) electrons. The van der Waals surface area contributed by atoms with Crippen LogP contribution in [0.25, 0.3) is 0 Å². The maximum absolute atomic E-state index is 4.95. The zero-order valence-corrected chi connectivity index (χ0v) is 10.1. The Hall–Kier alpha value is 1.84. The van der Waals surface area contributed by atoms with Crippen LogP contribution >= 0.6 is 40.8 Å². The zero-order chi connectivity index (χ0) is 7.70. The summed E-state index contributed by atoms with van der Waals surface area (Å²) in [6, 6.07) is 0. The molecule has 0 amide bonds. The van der Waals surface area contributed by atoms with Crippen LogP contribution < -0.4 is 0 Å². The van der Waals surface area contributed by atoms with Crippen LogP contribution in [-0.2, 0) is 13.0 Å². The molecule has 0 aromatic rings. The van der Waals surface area contributed by atoms with Gasteiger partial charge in [0.1, 0.15) is 0 Å². The van der Waals surface area contributed by atoms with Gasteiger partial charge in [-0.2, -0.15) is 11.8 Å². The second-order valence-electron chi connectivity index (χ2n) is 0.933. The molecule has 0 aromatic carbocycles. The molecule has 0 rings (SSSR count). The summed E-state index contributed by atoms with van der Waals surface area (Å²) in [5.41, 5.74) is 0. The summed E-state index contributed by atoms with van der Waals surface area (Å²) in [5.74, 6) is 2.52. The topological polar surface area (TPSA) is 0 Å². The minimum absolute atomic E-state index is 1.26. The first-order chi connectivity index (χ1) is 4.15. The van der Waals surface area contributed by atoms with Crippen LogP contribution in [0, 0.1) is 0 Å². The van der Waals surface area contributed by atoms with Crippen molar-refractivity contribution in [2.45, 2.75) is 13.8 Å². The van der Waals surface area contributed by atoms with E-state index in [0.717, 1.165) is 0 Å². The van der Waals surface area contributed by atoms with Crippen molar-refractivity contribution in [2.75, 3.05) is 11.5 Å². The Morgan fingerprint density at radius 1 is 1.11 bits per heavy atom. The average Bonchev–Trinajstić information content (AvgIpc) is 1.66. The van der Waals surface area contributed by atoms with E-state index in [1.165, 1.54) is 11.5 Å². The Labute approximate surface area is 78.7 Å². The first-order valence-corrected chi connectivity index (χ1v) is 10.3. The fraction of sp³-hybridized carbons (Fsp3) is 1.00. The molecular weight excluding hydrogens is 288 g/mol. The molecule has 0 fully saturated rings. The molecular formula is C4H10Cl3RuS. The van der Waals surface area contributed by atoms with Crippen molar-refractivity contribution in [1.82, 2.24) is 0 Å². The molecule has 61 valence electrons. The van der Waals surface area contributed by atoms with Gasteiger partial charge in [-0.1, -0.05) is 13.8 Å². The monoisotopic (exact) mass is 297 g/mol. The maximum atomic E-state index is 4.95. The Balaban J connectivity index is 0. The SMILES string of the molecule is CCSCC.[Cl][Ru]([Cl])[Cl]. The molecule has 0 aromatic heterocycles. The number of hydrogen-bond acceptors (Lipinski definition) is 1. The van der Waals surface area contributed by atoms with E-state index in [9.17, 15) is 0 Å². The van der Waals surface area contributed by atoms with Crippen LogP contribution in [0.4, 0.5) is 0 Å². The Morgan fingerprint density at radius 3 is 1.33 bits per heavy atom. The Morgan fingerprint density at radius 2 is 1.33 bits per heavy atom. The molecule has 5 heteroatoms. The average molecular weight is 298 g/mol. The third kappa shape index (κ3) is 41.0. The van der Waals surface area contributed by atoms with Gasteiger partial charge in [0.15, 0.2) is 0 Å². The van der Waals surface area contributed by atoms with E-state index in [0.29, 0.717) is 0 Å². The van der Waals surface area contributed by atoms with Gasteiger partial charge in [0.05, 0.1) is 0 Å². The summed E-state index contributed by atoms with van der Waals surface area (Å²) in [5, 5.41) is 0. The van der Waals surface area contributed by atoms with E-state index in [2.05, 4.69) is 13.8 Å². The summed E-state index contributed by atoms with van der Waals surface area (Å²) < 4.78 is 0. The van der Waals surface area contributed by atoms with Crippen LogP contribution in [0.5, 0.6) is 0 Å². The van der Waals surface area contributed by atoms with Crippen LogP contribution in [0.2, 0.25) is 0 Å². The molecule has 0 aliphatic heterocycles. The van der Waals surface area contributed by atoms with Crippen LogP contribution in [0.1, 0.15) is 13.8 Å². The van der Waals surface area contributed by atoms with E-state index in [-0.39, 0.29) is 0 Å². The van der Waals surface area contributed by atoms with Crippen molar-refractivity contribution in [3.05, 3.63) is 0 Å². The quantitative estimate of drug-likeness (QED) is 0.698. The number of rotatable bonds is 2. The van der Waals surface area contributed by atoms with Gasteiger partial charge in [0.25, 0.3) is 0 Å². The molecule has 0 saturated heterocycles. The summed E-state index contributed by atoms with van der Waals surface area (Å²) in [6.45, 7) is 4.35. The fourth-order valence-electron chi connectivity index (χ4n) is 0.204. The molecule has 0 N–H and O–H groups in total. The van der Waals surface area contributed by atoms with Gasteiger partial charge < -0.3 is 0 Å². The van der Waals surface area contributed by atoms with Gasteiger partial charge >= 0.3 is 42.1 Å². The Bertz CT molecular complexity index is 40.0. The van der Waals surface area contributed by atoms with Gasteiger partial charge in [-0.05, 0) is 11.5 Å². The minimum atomic E-state index is -1.75. The number of hydrogen-bond donors (Lipinski definition) is 0. The second-order valence-corrected chi connectivity index (χ2v) is 10.4. The molecule has 0 aliphatic carbocycles. The molecule has 0 aliphatic rings. The molecule has 0 unspecified atom stereocenters. The molecule has 0 saturated carbocycles. The van der Waals surface area contributed by atoms with Gasteiger partial charge in [-0.3, -0.25) is 0 Å². The van der Waals surface area contributed by atoms with Gasteiger partial charge in [0, 0.05) is 0 Å². The molecule has 0 heterocycles. The third-order valence-corrected chi connectivity index (χ3v) is 1.22. The first kappa shape index (κ1) is 13.4. The van der Waals surface area contributed by atoms with Crippen molar-refractivity contribution < 1.29 is 13.0 Å². The fourth-order valence-corrected chi connectivity index (χ4v) is 0.612.